The SMILES string of the molecule is CC1(C)Cc2cc(-c3cnoc3N)cc(Br)c2O1. The summed E-state index contributed by atoms with van der Waals surface area (Å²) in [4.78, 5) is 0. The summed E-state index contributed by atoms with van der Waals surface area (Å²) in [7, 11) is 0. The summed E-state index contributed by atoms with van der Waals surface area (Å²) in [5, 5.41) is 3.70. The van der Waals surface area contributed by atoms with Crippen LogP contribution in [0.15, 0.2) is 27.3 Å². The Labute approximate surface area is 113 Å². The van der Waals surface area contributed by atoms with Crippen molar-refractivity contribution in [3.8, 4) is 16.9 Å². The molecule has 0 fully saturated rings. The standard InChI is InChI=1S/C13H13BrN2O2/c1-13(2)5-8-3-7(4-10(14)11(8)17-13)9-6-16-18-12(9)15/h3-4,6H,5,15H2,1-2H3. The van der Waals surface area contributed by atoms with Gasteiger partial charge < -0.3 is 15.0 Å². The van der Waals surface area contributed by atoms with Crippen molar-refractivity contribution in [2.45, 2.75) is 25.9 Å². The fourth-order valence-electron chi connectivity index (χ4n) is 2.29. The monoisotopic (exact) mass is 308 g/mol. The van der Waals surface area contributed by atoms with Crippen LogP contribution >= 0.6 is 15.9 Å². The number of benzene rings is 1. The normalized spacial score (nSPS) is 16.4. The van der Waals surface area contributed by atoms with Crippen molar-refractivity contribution in [3.63, 3.8) is 0 Å². The smallest absolute Gasteiger partial charge is 0.229 e. The Morgan fingerprint density at radius 3 is 2.83 bits per heavy atom. The number of ether oxygens (including phenoxy) is 1. The van der Waals surface area contributed by atoms with Crippen molar-refractivity contribution in [1.29, 1.82) is 0 Å². The summed E-state index contributed by atoms with van der Waals surface area (Å²) in [6.45, 7) is 4.15. The Kier molecular flexibility index (Phi) is 2.41. The highest BCUT2D eigenvalue weighted by Gasteiger charge is 2.32. The third-order valence-corrected chi connectivity index (χ3v) is 3.61. The molecule has 0 aliphatic carbocycles. The molecule has 0 atom stereocenters. The van der Waals surface area contributed by atoms with E-state index in [1.165, 1.54) is 5.56 Å². The quantitative estimate of drug-likeness (QED) is 0.877. The van der Waals surface area contributed by atoms with Gasteiger partial charge in [-0.1, -0.05) is 5.16 Å². The van der Waals surface area contributed by atoms with Crippen LogP contribution in [0.1, 0.15) is 19.4 Å². The second kappa shape index (κ2) is 3.75. The maximum Gasteiger partial charge on any atom is 0.229 e. The molecule has 0 radical (unpaired) electrons. The van der Waals surface area contributed by atoms with Gasteiger partial charge >= 0.3 is 0 Å². The summed E-state index contributed by atoms with van der Waals surface area (Å²) in [6, 6.07) is 4.06. The molecule has 1 aromatic heterocycles. The summed E-state index contributed by atoms with van der Waals surface area (Å²) < 4.78 is 11.7. The molecule has 0 unspecified atom stereocenters. The Balaban J connectivity index is 2.12. The van der Waals surface area contributed by atoms with E-state index in [0.717, 1.165) is 27.8 Å². The number of hydrogen-bond acceptors (Lipinski definition) is 4. The first-order chi connectivity index (χ1) is 8.46. The van der Waals surface area contributed by atoms with Crippen LogP contribution in [-0.4, -0.2) is 10.8 Å². The fraction of sp³-hybridized carbons (Fsp3) is 0.308. The summed E-state index contributed by atoms with van der Waals surface area (Å²) >= 11 is 3.54. The molecule has 4 nitrogen and oxygen atoms in total. The van der Waals surface area contributed by atoms with Crippen LogP contribution < -0.4 is 10.5 Å². The van der Waals surface area contributed by atoms with Crippen molar-refractivity contribution < 1.29 is 9.26 Å². The van der Waals surface area contributed by atoms with Crippen molar-refractivity contribution in [1.82, 2.24) is 5.16 Å². The molecule has 2 heterocycles. The number of nitrogens with zero attached hydrogens (tertiary/aromatic N) is 1. The van der Waals surface area contributed by atoms with Crippen molar-refractivity contribution >= 4 is 21.8 Å². The number of aromatic nitrogens is 1. The van der Waals surface area contributed by atoms with Crippen LogP contribution in [0.25, 0.3) is 11.1 Å². The number of nitrogens with two attached hydrogens (primary N) is 1. The van der Waals surface area contributed by atoms with Crippen LogP contribution in [0.4, 0.5) is 5.88 Å². The Hall–Kier alpha value is -1.49. The lowest BCUT2D eigenvalue weighted by atomic mass is 9.98. The first-order valence-electron chi connectivity index (χ1n) is 5.68. The number of hydrogen-bond donors (Lipinski definition) is 1. The molecule has 2 aromatic rings. The predicted molar refractivity (Wildman–Crippen MR) is 72.5 cm³/mol. The van der Waals surface area contributed by atoms with E-state index >= 15 is 0 Å². The molecule has 0 spiro atoms. The fourth-order valence-corrected chi connectivity index (χ4v) is 2.87. The predicted octanol–water partition coefficient (Wildman–Crippen LogP) is 3.40. The van der Waals surface area contributed by atoms with Gasteiger partial charge in [0.25, 0.3) is 0 Å². The molecule has 0 saturated heterocycles. The van der Waals surface area contributed by atoms with Crippen molar-refractivity contribution in [3.05, 3.63) is 28.4 Å². The van der Waals surface area contributed by atoms with E-state index in [1.54, 1.807) is 6.20 Å². The van der Waals surface area contributed by atoms with Gasteiger partial charge in [0.1, 0.15) is 11.4 Å². The summed E-state index contributed by atoms with van der Waals surface area (Å²) in [6.07, 6.45) is 2.50. The highest BCUT2D eigenvalue weighted by Crippen LogP contribution is 2.43. The zero-order valence-electron chi connectivity index (χ0n) is 10.2. The number of nitrogen functional groups attached to an aromatic ring is 1. The molecule has 18 heavy (non-hydrogen) atoms. The first-order valence-corrected chi connectivity index (χ1v) is 6.47. The molecule has 1 aliphatic rings. The van der Waals surface area contributed by atoms with Crippen LogP contribution in [0.2, 0.25) is 0 Å². The Morgan fingerprint density at radius 1 is 1.39 bits per heavy atom. The topological polar surface area (TPSA) is 61.3 Å². The van der Waals surface area contributed by atoms with Crippen LogP contribution in [0, 0.1) is 0 Å². The first kappa shape index (κ1) is 11.6. The Morgan fingerprint density at radius 2 is 2.17 bits per heavy atom. The van der Waals surface area contributed by atoms with E-state index in [4.69, 9.17) is 15.0 Å². The molecule has 3 rings (SSSR count). The molecule has 0 bridgehead atoms. The number of rotatable bonds is 1. The van der Waals surface area contributed by atoms with Crippen LogP contribution in [-0.2, 0) is 6.42 Å². The van der Waals surface area contributed by atoms with Gasteiger partial charge in [0.05, 0.1) is 16.2 Å². The molecular weight excluding hydrogens is 296 g/mol. The molecule has 1 aliphatic heterocycles. The molecule has 0 amide bonds. The highest BCUT2D eigenvalue weighted by molar-refractivity contribution is 9.10. The third kappa shape index (κ3) is 1.79. The van der Waals surface area contributed by atoms with E-state index < -0.39 is 0 Å². The van der Waals surface area contributed by atoms with Gasteiger partial charge in [-0.2, -0.15) is 0 Å². The van der Waals surface area contributed by atoms with E-state index in [2.05, 4.69) is 41.0 Å². The molecule has 1 aromatic carbocycles. The second-order valence-corrected chi connectivity index (χ2v) is 5.94. The minimum Gasteiger partial charge on any atom is -0.486 e. The molecule has 94 valence electrons. The average molecular weight is 309 g/mol. The number of halogens is 1. The minimum atomic E-state index is -0.163. The van der Waals surface area contributed by atoms with Gasteiger partial charge in [-0.3, -0.25) is 0 Å². The lowest BCUT2D eigenvalue weighted by molar-refractivity contribution is 0.137. The summed E-state index contributed by atoms with van der Waals surface area (Å²) in [5.41, 5.74) is 8.55. The molecule has 5 heteroatoms. The lowest BCUT2D eigenvalue weighted by Gasteiger charge is -2.17. The van der Waals surface area contributed by atoms with Crippen LogP contribution in [0.5, 0.6) is 5.75 Å². The Bertz CT molecular complexity index is 619. The van der Waals surface area contributed by atoms with Gasteiger partial charge in [-0.25, -0.2) is 0 Å². The molecular formula is C13H13BrN2O2. The van der Waals surface area contributed by atoms with Gasteiger partial charge in [0, 0.05) is 6.42 Å². The number of fused-ring (bicyclic) bond motifs is 1. The number of anilines is 1. The van der Waals surface area contributed by atoms with Gasteiger partial charge in [0.15, 0.2) is 0 Å². The highest BCUT2D eigenvalue weighted by atomic mass is 79.9. The maximum absolute atomic E-state index is 5.91. The van der Waals surface area contributed by atoms with Gasteiger partial charge in [0.2, 0.25) is 5.88 Å². The average Bonchev–Trinajstić information content (AvgIpc) is 2.80. The zero-order chi connectivity index (χ0) is 12.9. The van der Waals surface area contributed by atoms with Crippen molar-refractivity contribution in [2.24, 2.45) is 0 Å². The van der Waals surface area contributed by atoms with Gasteiger partial charge in [-0.15, -0.1) is 0 Å². The molecule has 0 saturated carbocycles. The minimum absolute atomic E-state index is 0.163. The van der Waals surface area contributed by atoms with E-state index in [1.807, 2.05) is 6.07 Å². The van der Waals surface area contributed by atoms with Gasteiger partial charge in [-0.05, 0) is 53.0 Å². The van der Waals surface area contributed by atoms with E-state index in [9.17, 15) is 0 Å². The molecule has 2 N–H and O–H groups in total. The van der Waals surface area contributed by atoms with E-state index in [0.29, 0.717) is 5.88 Å². The summed E-state index contributed by atoms with van der Waals surface area (Å²) in [5.74, 6) is 1.25. The van der Waals surface area contributed by atoms with E-state index in [-0.39, 0.29) is 5.60 Å². The zero-order valence-corrected chi connectivity index (χ0v) is 11.7. The maximum atomic E-state index is 5.91. The lowest BCUT2D eigenvalue weighted by Crippen LogP contribution is -2.24. The third-order valence-electron chi connectivity index (χ3n) is 3.02. The van der Waals surface area contributed by atoms with Crippen molar-refractivity contribution in [2.75, 3.05) is 5.73 Å². The second-order valence-electron chi connectivity index (χ2n) is 5.09. The largest absolute Gasteiger partial charge is 0.486 e. The van der Waals surface area contributed by atoms with Crippen LogP contribution in [0.3, 0.4) is 0 Å².